The first-order valence-corrected chi connectivity index (χ1v) is 5.10. The number of piperidine rings is 1. The van der Waals surface area contributed by atoms with Gasteiger partial charge in [0.05, 0.1) is 6.67 Å². The van der Waals surface area contributed by atoms with E-state index in [-0.39, 0.29) is 6.67 Å². The van der Waals surface area contributed by atoms with Crippen molar-refractivity contribution < 1.29 is 4.39 Å². The minimum absolute atomic E-state index is 0.199. The number of nitrogens with zero attached hydrogens (tertiary/aromatic N) is 1. The molecule has 0 aliphatic carbocycles. The molecule has 0 N–H and O–H groups in total. The average Bonchev–Trinajstić information content (AvgIpc) is 2.07. The summed E-state index contributed by atoms with van der Waals surface area (Å²) in [5.41, 5.74) is 0. The lowest BCUT2D eigenvalue weighted by Crippen LogP contribution is -2.40. The normalized spacial score (nSPS) is 32.2. The summed E-state index contributed by atoms with van der Waals surface area (Å²) < 4.78 is 11.9. The van der Waals surface area contributed by atoms with Gasteiger partial charge in [0.1, 0.15) is 0 Å². The van der Waals surface area contributed by atoms with Crippen LogP contribution in [-0.4, -0.2) is 36.6 Å². The number of halogens is 2. The molecule has 1 heterocycles. The number of likely N-dealkylation sites (tertiary alicyclic amines) is 1. The first kappa shape index (κ1) is 10.3. The first-order chi connectivity index (χ1) is 5.74. The standard InChI is InChI=1S/C9H17ClFN/c1-8-7-12(5-2-4-11)6-3-9(8)10/h8-9H,2-7H2,1H3. The molecule has 1 saturated heterocycles. The maximum atomic E-state index is 11.9. The molecule has 72 valence electrons. The number of alkyl halides is 2. The molecule has 2 unspecified atom stereocenters. The van der Waals surface area contributed by atoms with Crippen LogP contribution in [0.4, 0.5) is 4.39 Å². The highest BCUT2D eigenvalue weighted by Gasteiger charge is 2.23. The second-order valence-corrected chi connectivity index (χ2v) is 4.19. The maximum absolute atomic E-state index is 11.9. The molecule has 0 spiro atoms. The summed E-state index contributed by atoms with van der Waals surface area (Å²) in [5, 5.41) is 0.326. The Morgan fingerprint density at radius 1 is 1.58 bits per heavy atom. The van der Waals surface area contributed by atoms with E-state index in [9.17, 15) is 4.39 Å². The number of rotatable bonds is 3. The van der Waals surface area contributed by atoms with E-state index in [4.69, 9.17) is 11.6 Å². The Balaban J connectivity index is 2.21. The van der Waals surface area contributed by atoms with E-state index in [1.165, 1.54) is 0 Å². The van der Waals surface area contributed by atoms with Crippen LogP contribution < -0.4 is 0 Å². The van der Waals surface area contributed by atoms with Gasteiger partial charge >= 0.3 is 0 Å². The lowest BCUT2D eigenvalue weighted by molar-refractivity contribution is 0.181. The van der Waals surface area contributed by atoms with Crippen LogP contribution in [0.3, 0.4) is 0 Å². The molecule has 2 atom stereocenters. The molecule has 0 aromatic heterocycles. The van der Waals surface area contributed by atoms with Gasteiger partial charge in [0.15, 0.2) is 0 Å². The van der Waals surface area contributed by atoms with E-state index >= 15 is 0 Å². The van der Waals surface area contributed by atoms with Gasteiger partial charge in [-0.3, -0.25) is 4.39 Å². The molecule has 1 nitrogen and oxygen atoms in total. The molecule has 1 aliphatic rings. The van der Waals surface area contributed by atoms with Crippen LogP contribution in [0.15, 0.2) is 0 Å². The molecule has 0 radical (unpaired) electrons. The molecule has 12 heavy (non-hydrogen) atoms. The van der Waals surface area contributed by atoms with Gasteiger partial charge in [0.25, 0.3) is 0 Å². The van der Waals surface area contributed by atoms with E-state index in [1.54, 1.807) is 0 Å². The van der Waals surface area contributed by atoms with Gasteiger partial charge in [0, 0.05) is 18.5 Å². The van der Waals surface area contributed by atoms with Crippen LogP contribution in [0.2, 0.25) is 0 Å². The molecule has 1 aliphatic heterocycles. The molecular weight excluding hydrogens is 177 g/mol. The summed E-state index contributed by atoms with van der Waals surface area (Å²) in [6.45, 7) is 4.94. The largest absolute Gasteiger partial charge is 0.303 e. The summed E-state index contributed by atoms with van der Waals surface area (Å²) in [7, 11) is 0. The highest BCUT2D eigenvalue weighted by Crippen LogP contribution is 2.21. The highest BCUT2D eigenvalue weighted by atomic mass is 35.5. The molecular formula is C9H17ClFN. The fourth-order valence-corrected chi connectivity index (χ4v) is 1.87. The Kier molecular flexibility index (Phi) is 4.30. The van der Waals surface area contributed by atoms with Crippen LogP contribution in [0, 0.1) is 5.92 Å². The Labute approximate surface area is 78.9 Å². The van der Waals surface area contributed by atoms with Gasteiger partial charge in [-0.15, -0.1) is 11.6 Å². The van der Waals surface area contributed by atoms with Gasteiger partial charge in [0.2, 0.25) is 0 Å². The second-order valence-electron chi connectivity index (χ2n) is 3.63. The van der Waals surface area contributed by atoms with E-state index in [0.29, 0.717) is 17.7 Å². The van der Waals surface area contributed by atoms with Crippen molar-refractivity contribution in [1.29, 1.82) is 0 Å². The number of hydrogen-bond acceptors (Lipinski definition) is 1. The van der Waals surface area contributed by atoms with E-state index in [0.717, 1.165) is 26.1 Å². The summed E-state index contributed by atoms with van der Waals surface area (Å²) in [5.74, 6) is 0.556. The van der Waals surface area contributed by atoms with E-state index in [2.05, 4.69) is 11.8 Å². The van der Waals surface area contributed by atoms with Gasteiger partial charge < -0.3 is 4.90 Å². The summed E-state index contributed by atoms with van der Waals surface area (Å²) >= 11 is 6.07. The van der Waals surface area contributed by atoms with Crippen LogP contribution in [-0.2, 0) is 0 Å². The maximum Gasteiger partial charge on any atom is 0.0906 e. The zero-order valence-electron chi connectivity index (χ0n) is 7.60. The van der Waals surface area contributed by atoms with Crippen molar-refractivity contribution in [2.75, 3.05) is 26.3 Å². The zero-order valence-corrected chi connectivity index (χ0v) is 8.36. The van der Waals surface area contributed by atoms with Gasteiger partial charge in [-0.2, -0.15) is 0 Å². The SMILES string of the molecule is CC1CN(CCCF)CCC1Cl. The Bertz CT molecular complexity index is 130. The van der Waals surface area contributed by atoms with Crippen molar-refractivity contribution in [3.63, 3.8) is 0 Å². The first-order valence-electron chi connectivity index (χ1n) is 4.66. The van der Waals surface area contributed by atoms with Crippen molar-refractivity contribution >= 4 is 11.6 Å². The van der Waals surface area contributed by atoms with E-state index < -0.39 is 0 Å². The van der Waals surface area contributed by atoms with Crippen LogP contribution in [0.1, 0.15) is 19.8 Å². The van der Waals surface area contributed by atoms with Crippen LogP contribution in [0.25, 0.3) is 0 Å². The molecule has 1 fully saturated rings. The smallest absolute Gasteiger partial charge is 0.0906 e. The third-order valence-corrected chi connectivity index (χ3v) is 3.14. The zero-order chi connectivity index (χ0) is 8.97. The highest BCUT2D eigenvalue weighted by molar-refractivity contribution is 6.20. The van der Waals surface area contributed by atoms with E-state index in [1.807, 2.05) is 0 Å². The fourth-order valence-electron chi connectivity index (χ4n) is 1.69. The topological polar surface area (TPSA) is 3.24 Å². The molecule has 0 saturated carbocycles. The van der Waals surface area contributed by atoms with Crippen molar-refractivity contribution in [2.45, 2.75) is 25.1 Å². The van der Waals surface area contributed by atoms with Crippen LogP contribution >= 0.6 is 11.6 Å². The molecule has 0 amide bonds. The van der Waals surface area contributed by atoms with Crippen molar-refractivity contribution in [2.24, 2.45) is 5.92 Å². The summed E-state index contributed by atoms with van der Waals surface area (Å²) in [4.78, 5) is 2.31. The van der Waals surface area contributed by atoms with Gasteiger partial charge in [-0.05, 0) is 25.3 Å². The quantitative estimate of drug-likeness (QED) is 0.622. The molecule has 0 bridgehead atoms. The van der Waals surface area contributed by atoms with Crippen molar-refractivity contribution in [3.05, 3.63) is 0 Å². The minimum atomic E-state index is -0.199. The lowest BCUT2D eigenvalue weighted by atomic mass is 9.99. The predicted molar refractivity (Wildman–Crippen MR) is 50.5 cm³/mol. The average molecular weight is 194 g/mol. The Morgan fingerprint density at radius 2 is 2.33 bits per heavy atom. The van der Waals surface area contributed by atoms with Crippen LogP contribution in [0.5, 0.6) is 0 Å². The Hall–Kier alpha value is 0.180. The lowest BCUT2D eigenvalue weighted by Gasteiger charge is -2.33. The third-order valence-electron chi connectivity index (χ3n) is 2.49. The molecule has 0 aromatic rings. The Morgan fingerprint density at radius 3 is 2.92 bits per heavy atom. The van der Waals surface area contributed by atoms with Gasteiger partial charge in [-0.25, -0.2) is 0 Å². The monoisotopic (exact) mass is 193 g/mol. The second kappa shape index (κ2) is 5.03. The summed E-state index contributed by atoms with van der Waals surface area (Å²) in [6, 6.07) is 0. The van der Waals surface area contributed by atoms with Crippen molar-refractivity contribution in [1.82, 2.24) is 4.90 Å². The predicted octanol–water partition coefficient (Wildman–Crippen LogP) is 2.30. The van der Waals surface area contributed by atoms with Gasteiger partial charge in [-0.1, -0.05) is 6.92 Å². The van der Waals surface area contributed by atoms with Crippen molar-refractivity contribution in [3.8, 4) is 0 Å². The summed E-state index contributed by atoms with van der Waals surface area (Å²) in [6.07, 6.45) is 1.72. The minimum Gasteiger partial charge on any atom is -0.303 e. The fraction of sp³-hybridized carbons (Fsp3) is 1.00. The molecule has 1 rings (SSSR count). The third kappa shape index (κ3) is 2.91. The molecule has 3 heteroatoms. The molecule has 0 aromatic carbocycles. The number of hydrogen-bond donors (Lipinski definition) is 0.